The Hall–Kier alpha value is -2.99. The van der Waals surface area contributed by atoms with Crippen LogP contribution in [0.3, 0.4) is 0 Å². The zero-order valence-corrected chi connectivity index (χ0v) is 18.1. The normalized spacial score (nSPS) is 19.7. The minimum Gasteiger partial charge on any atom is -0.457 e. The van der Waals surface area contributed by atoms with E-state index in [1.54, 1.807) is 12.1 Å². The zero-order valence-electron chi connectivity index (χ0n) is 17.3. The van der Waals surface area contributed by atoms with Gasteiger partial charge in [-0.15, -0.1) is 0 Å². The third-order valence-electron chi connectivity index (χ3n) is 5.40. The minimum atomic E-state index is -4.07. The largest absolute Gasteiger partial charge is 0.457 e. The topological polar surface area (TPSA) is 167 Å². The highest BCUT2D eigenvalue weighted by Gasteiger charge is 2.34. The van der Waals surface area contributed by atoms with Crippen LogP contribution in [-0.4, -0.2) is 44.5 Å². The molecule has 1 fully saturated rings. The molecule has 11 heteroatoms. The fourth-order valence-electron chi connectivity index (χ4n) is 3.72. The lowest BCUT2D eigenvalue weighted by Gasteiger charge is -2.33. The molecule has 2 aromatic carbocycles. The van der Waals surface area contributed by atoms with E-state index in [1.165, 1.54) is 29.7 Å². The molecule has 1 amide bonds. The monoisotopic (exact) mass is 461 g/mol. The SMILES string of the molecule is N=C(N)C1CNCCC1C[C@H](NS(=O)(=O)c1ccc(Oc2ccccc2)cc1)C(=O)NO. The molecule has 0 spiro atoms. The smallest absolute Gasteiger partial charge is 0.261 e. The second kappa shape index (κ2) is 10.6. The number of carbonyl (C=O) groups is 1. The number of rotatable bonds is 9. The highest BCUT2D eigenvalue weighted by Crippen LogP contribution is 2.26. The number of para-hydroxylation sites is 1. The first kappa shape index (κ1) is 23.7. The summed E-state index contributed by atoms with van der Waals surface area (Å²) in [7, 11) is -4.07. The first-order chi connectivity index (χ1) is 15.3. The van der Waals surface area contributed by atoms with Crippen LogP contribution in [0, 0.1) is 17.2 Å². The summed E-state index contributed by atoms with van der Waals surface area (Å²) in [6.45, 7) is 1.14. The molecule has 1 aliphatic rings. The Bertz CT molecular complexity index is 1030. The summed E-state index contributed by atoms with van der Waals surface area (Å²) in [6, 6.07) is 13.6. The number of carbonyl (C=O) groups excluding carboxylic acids is 1. The van der Waals surface area contributed by atoms with Crippen molar-refractivity contribution in [3.05, 3.63) is 54.6 Å². The highest BCUT2D eigenvalue weighted by atomic mass is 32.2. The van der Waals surface area contributed by atoms with Crippen LogP contribution in [0.15, 0.2) is 59.5 Å². The summed E-state index contributed by atoms with van der Waals surface area (Å²) in [5.74, 6) is -0.348. The number of sulfonamides is 1. The lowest BCUT2D eigenvalue weighted by Crippen LogP contribution is -2.50. The van der Waals surface area contributed by atoms with Crippen LogP contribution in [0.1, 0.15) is 12.8 Å². The minimum absolute atomic E-state index is 0.0257. The third kappa shape index (κ3) is 6.04. The fourth-order valence-corrected chi connectivity index (χ4v) is 4.92. The number of nitrogens with two attached hydrogens (primary N) is 1. The lowest BCUT2D eigenvalue weighted by atomic mass is 9.81. The standard InChI is InChI=1S/C21H27N5O5S/c22-20(23)18-13-24-11-10-14(18)12-19(21(27)25-28)26-32(29,30)17-8-6-16(7-9-17)31-15-4-2-1-3-5-15/h1-9,14,18-19,24,26,28H,10-13H2,(H3,22,23)(H,25,27)/t14?,18?,19-/m0/s1. The Balaban J connectivity index is 1.73. The van der Waals surface area contributed by atoms with E-state index in [1.807, 2.05) is 18.2 Å². The van der Waals surface area contributed by atoms with Crippen molar-refractivity contribution in [1.29, 1.82) is 5.41 Å². The Labute approximate surface area is 186 Å². The number of ether oxygens (including phenoxy) is 1. The van der Waals surface area contributed by atoms with Crippen LogP contribution in [0.25, 0.3) is 0 Å². The molecule has 3 atom stereocenters. The van der Waals surface area contributed by atoms with Crippen LogP contribution in [0.2, 0.25) is 0 Å². The molecule has 7 N–H and O–H groups in total. The van der Waals surface area contributed by atoms with E-state index in [0.29, 0.717) is 31.0 Å². The second-order valence-corrected chi connectivity index (χ2v) is 9.30. The molecule has 3 rings (SSSR count). The van der Waals surface area contributed by atoms with Gasteiger partial charge in [0.1, 0.15) is 17.5 Å². The van der Waals surface area contributed by atoms with Gasteiger partial charge >= 0.3 is 0 Å². The number of hydrogen-bond acceptors (Lipinski definition) is 7. The molecular formula is C21H27N5O5S. The van der Waals surface area contributed by atoms with Crippen molar-refractivity contribution >= 4 is 21.8 Å². The van der Waals surface area contributed by atoms with E-state index in [9.17, 15) is 13.2 Å². The number of benzene rings is 2. The van der Waals surface area contributed by atoms with E-state index in [-0.39, 0.29) is 29.0 Å². The quantitative estimate of drug-likeness (QED) is 0.141. The van der Waals surface area contributed by atoms with Crippen LogP contribution >= 0.6 is 0 Å². The summed E-state index contributed by atoms with van der Waals surface area (Å²) in [6.07, 6.45) is 0.708. The van der Waals surface area contributed by atoms with Crippen molar-refractivity contribution in [3.8, 4) is 11.5 Å². The van der Waals surface area contributed by atoms with Gasteiger partial charge in [0, 0.05) is 12.5 Å². The molecule has 0 aliphatic carbocycles. The molecule has 2 unspecified atom stereocenters. The molecular weight excluding hydrogens is 434 g/mol. The maximum Gasteiger partial charge on any atom is 0.261 e. The number of hydroxylamine groups is 1. The summed E-state index contributed by atoms with van der Waals surface area (Å²) in [4.78, 5) is 12.2. The molecule has 10 nitrogen and oxygen atoms in total. The van der Waals surface area contributed by atoms with Gasteiger partial charge in [0.15, 0.2) is 0 Å². The molecule has 0 radical (unpaired) electrons. The lowest BCUT2D eigenvalue weighted by molar-refractivity contribution is -0.131. The Kier molecular flexibility index (Phi) is 7.80. The number of amides is 1. The molecule has 0 aromatic heterocycles. The van der Waals surface area contributed by atoms with Gasteiger partial charge in [0.05, 0.1) is 10.7 Å². The molecule has 0 saturated carbocycles. The van der Waals surface area contributed by atoms with Gasteiger partial charge in [-0.05, 0) is 61.7 Å². The zero-order chi connectivity index (χ0) is 23.1. The summed E-state index contributed by atoms with van der Waals surface area (Å²) < 4.78 is 33.8. The molecule has 1 heterocycles. The van der Waals surface area contributed by atoms with E-state index < -0.39 is 22.0 Å². The number of piperidine rings is 1. The van der Waals surface area contributed by atoms with Gasteiger partial charge in [-0.3, -0.25) is 15.4 Å². The van der Waals surface area contributed by atoms with Crippen molar-refractivity contribution in [1.82, 2.24) is 15.5 Å². The van der Waals surface area contributed by atoms with Crippen LogP contribution in [-0.2, 0) is 14.8 Å². The van der Waals surface area contributed by atoms with Gasteiger partial charge in [-0.25, -0.2) is 13.9 Å². The van der Waals surface area contributed by atoms with Gasteiger partial charge in [-0.1, -0.05) is 18.2 Å². The van der Waals surface area contributed by atoms with Crippen molar-refractivity contribution in [3.63, 3.8) is 0 Å². The van der Waals surface area contributed by atoms with E-state index >= 15 is 0 Å². The van der Waals surface area contributed by atoms with E-state index in [4.69, 9.17) is 21.1 Å². The first-order valence-corrected chi connectivity index (χ1v) is 11.6. The summed E-state index contributed by atoms with van der Waals surface area (Å²) in [5.41, 5.74) is 7.20. The molecule has 32 heavy (non-hydrogen) atoms. The van der Waals surface area contributed by atoms with E-state index in [0.717, 1.165) is 0 Å². The molecule has 0 bridgehead atoms. The van der Waals surface area contributed by atoms with E-state index in [2.05, 4.69) is 10.0 Å². The van der Waals surface area contributed by atoms with Crippen LogP contribution < -0.4 is 26.0 Å². The maximum atomic E-state index is 12.9. The van der Waals surface area contributed by atoms with Gasteiger partial charge < -0.3 is 15.8 Å². The molecule has 1 saturated heterocycles. The predicted molar refractivity (Wildman–Crippen MR) is 118 cm³/mol. The van der Waals surface area contributed by atoms with Gasteiger partial charge in [-0.2, -0.15) is 4.72 Å². The van der Waals surface area contributed by atoms with Gasteiger partial charge in [0.25, 0.3) is 5.91 Å². The average Bonchev–Trinajstić information content (AvgIpc) is 2.79. The predicted octanol–water partition coefficient (Wildman–Crippen LogP) is 1.18. The third-order valence-corrected chi connectivity index (χ3v) is 6.89. The summed E-state index contributed by atoms with van der Waals surface area (Å²) in [5, 5.41) is 20.0. The van der Waals surface area contributed by atoms with Crippen molar-refractivity contribution in [2.75, 3.05) is 13.1 Å². The van der Waals surface area contributed by atoms with Crippen molar-refractivity contribution in [2.24, 2.45) is 17.6 Å². The molecule has 1 aliphatic heterocycles. The van der Waals surface area contributed by atoms with Crippen LogP contribution in [0.4, 0.5) is 0 Å². The number of nitrogens with one attached hydrogen (secondary N) is 4. The Morgan fingerprint density at radius 1 is 1.19 bits per heavy atom. The number of amidine groups is 1. The molecule has 172 valence electrons. The van der Waals surface area contributed by atoms with Crippen molar-refractivity contribution in [2.45, 2.75) is 23.8 Å². The fraction of sp³-hybridized carbons (Fsp3) is 0.333. The average molecular weight is 462 g/mol. The second-order valence-electron chi connectivity index (χ2n) is 7.59. The Morgan fingerprint density at radius 2 is 1.84 bits per heavy atom. The summed E-state index contributed by atoms with van der Waals surface area (Å²) >= 11 is 0. The van der Waals surface area contributed by atoms with Crippen LogP contribution in [0.5, 0.6) is 11.5 Å². The number of hydrogen-bond donors (Lipinski definition) is 6. The maximum absolute atomic E-state index is 12.9. The van der Waals surface area contributed by atoms with Crippen molar-refractivity contribution < 1.29 is 23.2 Å². The molecule has 2 aromatic rings. The Morgan fingerprint density at radius 3 is 2.47 bits per heavy atom. The van der Waals surface area contributed by atoms with Gasteiger partial charge in [0.2, 0.25) is 10.0 Å². The first-order valence-electron chi connectivity index (χ1n) is 10.1. The highest BCUT2D eigenvalue weighted by molar-refractivity contribution is 7.89.